The van der Waals surface area contributed by atoms with E-state index in [0.717, 1.165) is 44.3 Å². The van der Waals surface area contributed by atoms with E-state index in [-0.39, 0.29) is 5.91 Å². The number of carbonyl (C=O) groups is 1. The van der Waals surface area contributed by atoms with Crippen molar-refractivity contribution in [1.29, 1.82) is 0 Å². The van der Waals surface area contributed by atoms with E-state index in [1.807, 2.05) is 43.4 Å². The average molecular weight is 359 g/mol. The smallest absolute Gasteiger partial charge is 0.223 e. The molecule has 0 saturated carbocycles. The molecule has 0 atom stereocenters. The topological polar surface area (TPSA) is 39.7 Å². The van der Waals surface area contributed by atoms with Crippen LogP contribution in [0, 0.1) is 0 Å². The maximum Gasteiger partial charge on any atom is 0.223 e. The first kappa shape index (κ1) is 18.0. The number of rotatable bonds is 6. The van der Waals surface area contributed by atoms with Crippen LogP contribution in [0.2, 0.25) is 0 Å². The Balaban J connectivity index is 1.57. The summed E-state index contributed by atoms with van der Waals surface area (Å²) in [6.07, 6.45) is 2.58. The lowest BCUT2D eigenvalue weighted by Crippen LogP contribution is -2.37. The molecule has 1 aliphatic rings. The minimum atomic E-state index is 0.277. The van der Waals surface area contributed by atoms with Gasteiger partial charge in [0.15, 0.2) is 0 Å². The molecule has 5 nitrogen and oxygen atoms in total. The number of amides is 1. The van der Waals surface area contributed by atoms with Crippen LogP contribution in [-0.4, -0.2) is 72.4 Å². The highest BCUT2D eigenvalue weighted by Crippen LogP contribution is 2.25. The number of benzene rings is 1. The zero-order valence-corrected chi connectivity index (χ0v) is 15.8. The Morgan fingerprint density at radius 1 is 1.16 bits per heavy atom. The molecule has 3 rings (SSSR count). The van der Waals surface area contributed by atoms with Gasteiger partial charge in [-0.1, -0.05) is 30.3 Å². The van der Waals surface area contributed by atoms with E-state index in [2.05, 4.69) is 26.9 Å². The molecule has 2 heterocycles. The van der Waals surface area contributed by atoms with Crippen LogP contribution >= 0.6 is 11.3 Å². The molecule has 0 radical (unpaired) electrons. The third-order valence-corrected chi connectivity index (χ3v) is 5.48. The van der Waals surface area contributed by atoms with Crippen molar-refractivity contribution in [2.24, 2.45) is 0 Å². The molecule has 0 unspecified atom stereocenters. The summed E-state index contributed by atoms with van der Waals surface area (Å²) >= 11 is 1.74. The summed E-state index contributed by atoms with van der Waals surface area (Å²) in [6.45, 7) is 5.18. The first-order valence-corrected chi connectivity index (χ1v) is 9.58. The fourth-order valence-electron chi connectivity index (χ4n) is 2.94. The van der Waals surface area contributed by atoms with Gasteiger partial charge in [-0.25, -0.2) is 4.98 Å². The van der Waals surface area contributed by atoms with Gasteiger partial charge in [-0.05, 0) is 14.1 Å². The highest BCUT2D eigenvalue weighted by Gasteiger charge is 2.21. The Morgan fingerprint density at radius 2 is 1.96 bits per heavy atom. The van der Waals surface area contributed by atoms with Gasteiger partial charge >= 0.3 is 0 Å². The van der Waals surface area contributed by atoms with Gasteiger partial charge in [-0.3, -0.25) is 9.69 Å². The summed E-state index contributed by atoms with van der Waals surface area (Å²) < 4.78 is 0. The van der Waals surface area contributed by atoms with Gasteiger partial charge in [0.05, 0.1) is 0 Å². The fraction of sp³-hybridized carbons (Fsp3) is 0.474. The molecule has 1 aromatic heterocycles. The predicted molar refractivity (Wildman–Crippen MR) is 103 cm³/mol. The molecule has 1 aromatic carbocycles. The molecule has 0 N–H and O–H groups in total. The molecule has 2 aromatic rings. The van der Waals surface area contributed by atoms with Gasteiger partial charge in [-0.15, -0.1) is 11.3 Å². The van der Waals surface area contributed by atoms with Gasteiger partial charge in [0.25, 0.3) is 0 Å². The Morgan fingerprint density at radius 3 is 2.72 bits per heavy atom. The lowest BCUT2D eigenvalue weighted by Gasteiger charge is -2.23. The Hall–Kier alpha value is -1.76. The van der Waals surface area contributed by atoms with Crippen molar-refractivity contribution < 1.29 is 4.79 Å². The van der Waals surface area contributed by atoms with E-state index >= 15 is 0 Å². The van der Waals surface area contributed by atoms with E-state index in [4.69, 9.17) is 0 Å². The van der Waals surface area contributed by atoms with Crippen molar-refractivity contribution in [2.45, 2.75) is 13.0 Å². The normalized spacial score (nSPS) is 16.4. The zero-order chi connectivity index (χ0) is 17.6. The molecule has 1 saturated heterocycles. The lowest BCUT2D eigenvalue weighted by molar-refractivity contribution is -0.130. The minimum absolute atomic E-state index is 0.277. The first-order chi connectivity index (χ1) is 12.1. The molecule has 1 amide bonds. The predicted octanol–water partition coefficient (Wildman–Crippen LogP) is 2.41. The van der Waals surface area contributed by atoms with E-state index in [1.165, 1.54) is 10.4 Å². The lowest BCUT2D eigenvalue weighted by atomic mass is 10.2. The number of aromatic nitrogens is 1. The first-order valence-electron chi connectivity index (χ1n) is 8.77. The molecule has 1 fully saturated rings. The van der Waals surface area contributed by atoms with Crippen LogP contribution in [-0.2, 0) is 11.3 Å². The molecule has 0 spiro atoms. The minimum Gasteiger partial charge on any atom is -0.340 e. The van der Waals surface area contributed by atoms with E-state index in [0.29, 0.717) is 6.42 Å². The van der Waals surface area contributed by atoms with Crippen molar-refractivity contribution in [3.8, 4) is 10.6 Å². The number of likely N-dealkylation sites (N-methyl/N-ethyl adjacent to an activating group) is 1. The third kappa shape index (κ3) is 5.11. The van der Waals surface area contributed by atoms with Crippen molar-refractivity contribution in [2.75, 3.05) is 46.8 Å². The second kappa shape index (κ2) is 8.56. The van der Waals surface area contributed by atoms with E-state index in [1.54, 1.807) is 11.3 Å². The molecule has 1 aliphatic heterocycles. The number of thiazole rings is 1. The second-order valence-corrected chi connectivity index (χ2v) is 7.82. The highest BCUT2D eigenvalue weighted by atomic mass is 32.1. The van der Waals surface area contributed by atoms with Crippen LogP contribution in [0.4, 0.5) is 0 Å². The van der Waals surface area contributed by atoms with Gasteiger partial charge in [0, 0.05) is 62.3 Å². The SMILES string of the molecule is CN(C)CCN1CCN(Cc2cnc(-c3ccccc3)s2)CCC1=O. The average Bonchev–Trinajstić information content (AvgIpc) is 3.00. The summed E-state index contributed by atoms with van der Waals surface area (Å²) in [7, 11) is 4.09. The van der Waals surface area contributed by atoms with Crippen molar-refractivity contribution in [3.63, 3.8) is 0 Å². The number of carbonyl (C=O) groups excluding carboxylic acids is 1. The summed E-state index contributed by atoms with van der Waals surface area (Å²) in [4.78, 5) is 24.6. The quantitative estimate of drug-likeness (QED) is 0.795. The van der Waals surface area contributed by atoms with E-state index < -0.39 is 0 Å². The molecule has 6 heteroatoms. The van der Waals surface area contributed by atoms with Gasteiger partial charge in [0.2, 0.25) is 5.91 Å². The zero-order valence-electron chi connectivity index (χ0n) is 15.0. The molecule has 25 heavy (non-hydrogen) atoms. The maximum atomic E-state index is 12.3. The molecular weight excluding hydrogens is 332 g/mol. The van der Waals surface area contributed by atoms with Crippen LogP contribution in [0.25, 0.3) is 10.6 Å². The van der Waals surface area contributed by atoms with Gasteiger partial charge < -0.3 is 9.80 Å². The van der Waals surface area contributed by atoms with Crippen molar-refractivity contribution in [3.05, 3.63) is 41.4 Å². The standard InChI is InChI=1S/C19H26N4OS/c1-21(2)10-12-23-13-11-22(9-8-18(23)24)15-17-14-20-19(25-17)16-6-4-3-5-7-16/h3-7,14H,8-13,15H2,1-2H3. The summed E-state index contributed by atoms with van der Waals surface area (Å²) in [5, 5.41) is 1.06. The fourth-order valence-corrected chi connectivity index (χ4v) is 3.90. The molecule has 0 aliphatic carbocycles. The number of hydrogen-bond donors (Lipinski definition) is 0. The molecular formula is C19H26N4OS. The summed E-state index contributed by atoms with van der Waals surface area (Å²) in [6, 6.07) is 10.3. The van der Waals surface area contributed by atoms with Crippen LogP contribution in [0.5, 0.6) is 0 Å². The Labute approximate surface area is 153 Å². The monoisotopic (exact) mass is 358 g/mol. The van der Waals surface area contributed by atoms with Gasteiger partial charge in [-0.2, -0.15) is 0 Å². The van der Waals surface area contributed by atoms with Crippen LogP contribution in [0.15, 0.2) is 36.5 Å². The molecule has 0 bridgehead atoms. The highest BCUT2D eigenvalue weighted by molar-refractivity contribution is 7.15. The number of hydrogen-bond acceptors (Lipinski definition) is 5. The second-order valence-electron chi connectivity index (χ2n) is 6.71. The summed E-state index contributed by atoms with van der Waals surface area (Å²) in [5.74, 6) is 0.277. The Bertz CT molecular complexity index is 686. The third-order valence-electron chi connectivity index (χ3n) is 4.45. The Kier molecular flexibility index (Phi) is 6.18. The van der Waals surface area contributed by atoms with Crippen molar-refractivity contribution in [1.82, 2.24) is 19.7 Å². The summed E-state index contributed by atoms with van der Waals surface area (Å²) in [5.41, 5.74) is 1.17. The van der Waals surface area contributed by atoms with Crippen LogP contribution in [0.3, 0.4) is 0 Å². The van der Waals surface area contributed by atoms with Gasteiger partial charge in [0.1, 0.15) is 5.01 Å². The van der Waals surface area contributed by atoms with Crippen LogP contribution < -0.4 is 0 Å². The van der Waals surface area contributed by atoms with Crippen molar-refractivity contribution >= 4 is 17.2 Å². The van der Waals surface area contributed by atoms with E-state index in [9.17, 15) is 4.79 Å². The maximum absolute atomic E-state index is 12.3. The number of nitrogens with zero attached hydrogens (tertiary/aromatic N) is 4. The largest absolute Gasteiger partial charge is 0.340 e. The van der Waals surface area contributed by atoms with Crippen LogP contribution in [0.1, 0.15) is 11.3 Å². The molecule has 134 valence electrons.